The molecule has 3 aromatic rings. The summed E-state index contributed by atoms with van der Waals surface area (Å²) in [7, 11) is 0. The number of hydrogen-bond acceptors (Lipinski definition) is 5. The molecule has 0 saturated carbocycles. The molecule has 6 heteroatoms. The Morgan fingerprint density at radius 1 is 1.10 bits per heavy atom. The highest BCUT2D eigenvalue weighted by Gasteiger charge is 2.24. The Labute approximate surface area is 180 Å². The van der Waals surface area contributed by atoms with E-state index >= 15 is 0 Å². The van der Waals surface area contributed by atoms with Crippen LogP contribution in [0.25, 0.3) is 10.2 Å². The molecule has 4 rings (SSSR count). The van der Waals surface area contributed by atoms with Crippen LogP contribution in [-0.4, -0.2) is 47.7 Å². The van der Waals surface area contributed by atoms with Crippen molar-refractivity contribution in [2.45, 2.75) is 31.6 Å². The Bertz CT molecular complexity index is 989. The van der Waals surface area contributed by atoms with E-state index in [1.54, 1.807) is 23.1 Å². The second kappa shape index (κ2) is 8.76. The first-order valence-corrected chi connectivity index (χ1v) is 12.0. The average Bonchev–Trinajstić information content (AvgIpc) is 3.18. The first kappa shape index (κ1) is 20.2. The summed E-state index contributed by atoms with van der Waals surface area (Å²) >= 11 is 3.55. The fourth-order valence-corrected chi connectivity index (χ4v) is 5.42. The molecular weight excluding hydrogens is 398 g/mol. The van der Waals surface area contributed by atoms with Crippen molar-refractivity contribution in [2.75, 3.05) is 36.8 Å². The van der Waals surface area contributed by atoms with Crippen LogP contribution in [0, 0.1) is 0 Å². The molecule has 1 amide bonds. The normalized spacial score (nSPS) is 14.8. The zero-order chi connectivity index (χ0) is 20.4. The van der Waals surface area contributed by atoms with E-state index in [0.717, 1.165) is 48.1 Å². The summed E-state index contributed by atoms with van der Waals surface area (Å²) in [4.78, 5) is 23.3. The Kier molecular flexibility index (Phi) is 6.11. The van der Waals surface area contributed by atoms with Crippen LogP contribution in [0.1, 0.15) is 42.6 Å². The molecule has 2 aromatic carbocycles. The monoisotopic (exact) mass is 425 g/mol. The summed E-state index contributed by atoms with van der Waals surface area (Å²) in [6, 6.07) is 14.5. The van der Waals surface area contributed by atoms with Gasteiger partial charge in [-0.1, -0.05) is 44.2 Å². The molecule has 2 heterocycles. The van der Waals surface area contributed by atoms with Gasteiger partial charge in [-0.15, -0.1) is 11.8 Å². The summed E-state index contributed by atoms with van der Waals surface area (Å²) in [5.41, 5.74) is 3.22. The van der Waals surface area contributed by atoms with Crippen molar-refractivity contribution in [2.24, 2.45) is 0 Å². The summed E-state index contributed by atoms with van der Waals surface area (Å²) in [5, 5.41) is 1.07. The third-order valence-corrected chi connectivity index (χ3v) is 7.29. The summed E-state index contributed by atoms with van der Waals surface area (Å²) in [6.45, 7) is 9.68. The van der Waals surface area contributed by atoms with Crippen molar-refractivity contribution < 1.29 is 4.79 Å². The molecule has 0 radical (unpaired) electrons. The van der Waals surface area contributed by atoms with Crippen LogP contribution < -0.4 is 4.90 Å². The summed E-state index contributed by atoms with van der Waals surface area (Å²) in [5.74, 6) is 1.63. The number of anilines is 1. The molecule has 1 aromatic heterocycles. The molecule has 1 fully saturated rings. The van der Waals surface area contributed by atoms with Gasteiger partial charge in [0.1, 0.15) is 0 Å². The molecule has 0 N–H and O–H groups in total. The van der Waals surface area contributed by atoms with Crippen LogP contribution in [-0.2, 0) is 0 Å². The number of carbonyl (C=O) groups excluding carboxylic acids is 1. The molecule has 0 atom stereocenters. The lowest BCUT2D eigenvalue weighted by Crippen LogP contribution is -2.48. The number of benzene rings is 2. The van der Waals surface area contributed by atoms with Gasteiger partial charge >= 0.3 is 0 Å². The first-order valence-electron chi connectivity index (χ1n) is 10.2. The van der Waals surface area contributed by atoms with Crippen LogP contribution in [0.5, 0.6) is 0 Å². The molecule has 0 bridgehead atoms. The highest BCUT2D eigenvalue weighted by molar-refractivity contribution is 7.99. The number of amides is 1. The fraction of sp³-hybridized carbons (Fsp3) is 0.391. The number of nitrogens with zero attached hydrogens (tertiary/aromatic N) is 3. The van der Waals surface area contributed by atoms with E-state index in [-0.39, 0.29) is 5.91 Å². The van der Waals surface area contributed by atoms with Gasteiger partial charge in [0.2, 0.25) is 0 Å². The maximum atomic E-state index is 12.9. The molecule has 0 aliphatic carbocycles. The van der Waals surface area contributed by atoms with Crippen molar-refractivity contribution in [3.8, 4) is 0 Å². The quantitative estimate of drug-likeness (QED) is 0.506. The number of aromatic nitrogens is 1. The highest BCUT2D eigenvalue weighted by atomic mass is 32.2. The van der Waals surface area contributed by atoms with E-state index in [4.69, 9.17) is 4.98 Å². The molecule has 4 nitrogen and oxygen atoms in total. The van der Waals surface area contributed by atoms with Gasteiger partial charge < -0.3 is 9.80 Å². The number of para-hydroxylation sites is 1. The number of carbonyl (C=O) groups is 1. The highest BCUT2D eigenvalue weighted by Crippen LogP contribution is 2.33. The number of thiazole rings is 1. The van der Waals surface area contributed by atoms with Gasteiger partial charge in [0.15, 0.2) is 5.13 Å². The summed E-state index contributed by atoms with van der Waals surface area (Å²) in [6.07, 6.45) is 0. The van der Waals surface area contributed by atoms with Gasteiger partial charge in [0, 0.05) is 36.6 Å². The number of piperazine rings is 1. The van der Waals surface area contributed by atoms with Crippen molar-refractivity contribution in [1.82, 2.24) is 9.88 Å². The lowest BCUT2D eigenvalue weighted by molar-refractivity contribution is 0.0746. The largest absolute Gasteiger partial charge is 0.345 e. The maximum absolute atomic E-state index is 12.9. The SMILES string of the molecule is CCSc1ccc(C(=O)N2CCN(c3nc4c(C(C)C)cccc4s3)CC2)cc1. The Morgan fingerprint density at radius 2 is 1.83 bits per heavy atom. The minimum Gasteiger partial charge on any atom is -0.345 e. The van der Waals surface area contributed by atoms with Gasteiger partial charge in [-0.2, -0.15) is 0 Å². The standard InChI is InChI=1S/C23H27N3OS2/c1-4-28-18-10-8-17(9-11-18)22(27)25-12-14-26(15-13-25)23-24-21-19(16(2)3)6-5-7-20(21)29-23/h5-11,16H,4,12-15H2,1-3H3. The first-order chi connectivity index (χ1) is 14.1. The smallest absolute Gasteiger partial charge is 0.253 e. The molecular formula is C23H27N3OS2. The average molecular weight is 426 g/mol. The fourth-order valence-electron chi connectivity index (χ4n) is 3.70. The predicted octanol–water partition coefficient (Wildman–Crippen LogP) is 5.49. The zero-order valence-electron chi connectivity index (χ0n) is 17.2. The third kappa shape index (κ3) is 4.28. The molecule has 1 aliphatic heterocycles. The van der Waals surface area contributed by atoms with Crippen molar-refractivity contribution >= 4 is 44.4 Å². The second-order valence-corrected chi connectivity index (χ2v) is 9.93. The van der Waals surface area contributed by atoms with Crippen molar-refractivity contribution in [1.29, 1.82) is 0 Å². The van der Waals surface area contributed by atoms with E-state index in [9.17, 15) is 4.79 Å². The number of fused-ring (bicyclic) bond motifs is 1. The van der Waals surface area contributed by atoms with E-state index in [2.05, 4.69) is 43.9 Å². The molecule has 0 unspecified atom stereocenters. The van der Waals surface area contributed by atoms with Crippen LogP contribution >= 0.6 is 23.1 Å². The maximum Gasteiger partial charge on any atom is 0.253 e. The van der Waals surface area contributed by atoms with Crippen LogP contribution in [0.3, 0.4) is 0 Å². The van der Waals surface area contributed by atoms with E-state index in [1.807, 2.05) is 29.2 Å². The lowest BCUT2D eigenvalue weighted by atomic mass is 10.0. The van der Waals surface area contributed by atoms with E-state index in [1.165, 1.54) is 15.2 Å². The molecule has 1 aliphatic rings. The van der Waals surface area contributed by atoms with Gasteiger partial charge in [-0.3, -0.25) is 4.79 Å². The lowest BCUT2D eigenvalue weighted by Gasteiger charge is -2.34. The number of thioether (sulfide) groups is 1. The predicted molar refractivity (Wildman–Crippen MR) is 125 cm³/mol. The van der Waals surface area contributed by atoms with Crippen LogP contribution in [0.15, 0.2) is 47.4 Å². The van der Waals surface area contributed by atoms with Crippen molar-refractivity contribution in [3.05, 3.63) is 53.6 Å². The molecule has 29 heavy (non-hydrogen) atoms. The minimum atomic E-state index is 0.129. The second-order valence-electron chi connectivity index (χ2n) is 7.58. The number of rotatable bonds is 5. The van der Waals surface area contributed by atoms with Crippen LogP contribution in [0.4, 0.5) is 5.13 Å². The summed E-state index contributed by atoms with van der Waals surface area (Å²) < 4.78 is 1.25. The molecule has 152 valence electrons. The topological polar surface area (TPSA) is 36.4 Å². The van der Waals surface area contributed by atoms with Gasteiger partial charge in [0.25, 0.3) is 5.91 Å². The third-order valence-electron chi connectivity index (χ3n) is 5.31. The van der Waals surface area contributed by atoms with Gasteiger partial charge in [-0.05, 0) is 47.6 Å². The molecule has 1 saturated heterocycles. The van der Waals surface area contributed by atoms with Gasteiger partial charge in [0.05, 0.1) is 10.2 Å². The van der Waals surface area contributed by atoms with Gasteiger partial charge in [-0.25, -0.2) is 4.98 Å². The Balaban J connectivity index is 1.43. The van der Waals surface area contributed by atoms with Crippen molar-refractivity contribution in [3.63, 3.8) is 0 Å². The van der Waals surface area contributed by atoms with E-state index < -0.39 is 0 Å². The minimum absolute atomic E-state index is 0.129. The number of hydrogen-bond donors (Lipinski definition) is 0. The zero-order valence-corrected chi connectivity index (χ0v) is 18.9. The Hall–Kier alpha value is -2.05. The molecule has 0 spiro atoms. The van der Waals surface area contributed by atoms with Crippen LogP contribution in [0.2, 0.25) is 0 Å². The Morgan fingerprint density at radius 3 is 2.48 bits per heavy atom. The van der Waals surface area contributed by atoms with E-state index in [0.29, 0.717) is 5.92 Å².